The number of nitrogens with one attached hydrogen (secondary N) is 1. The van der Waals surface area contributed by atoms with Crippen LogP contribution in [0.1, 0.15) is 35.8 Å². The van der Waals surface area contributed by atoms with E-state index in [0.29, 0.717) is 24.1 Å². The van der Waals surface area contributed by atoms with Crippen molar-refractivity contribution < 1.29 is 14.3 Å². The van der Waals surface area contributed by atoms with Gasteiger partial charge in [0.25, 0.3) is 0 Å². The van der Waals surface area contributed by atoms with Crippen LogP contribution in [0, 0.1) is 0 Å². The SMILES string of the molecule is COCCn1c(COc2ccccc2-c2ccccc2)nnc1SCC(=O)N[C@@H]1CCCc2ccccc21. The molecule has 38 heavy (non-hydrogen) atoms. The fourth-order valence-electron chi connectivity index (χ4n) is 4.80. The van der Waals surface area contributed by atoms with E-state index in [-0.39, 0.29) is 24.3 Å². The first kappa shape index (κ1) is 26.0. The molecule has 1 heterocycles. The Morgan fingerprint density at radius 1 is 1.03 bits per heavy atom. The summed E-state index contributed by atoms with van der Waals surface area (Å²) >= 11 is 1.38. The maximum absolute atomic E-state index is 12.9. The van der Waals surface area contributed by atoms with E-state index in [1.807, 2.05) is 53.1 Å². The topological polar surface area (TPSA) is 78.3 Å². The van der Waals surface area contributed by atoms with Crippen LogP contribution in [0.3, 0.4) is 0 Å². The molecule has 0 spiro atoms. The molecule has 1 N–H and O–H groups in total. The Labute approximate surface area is 227 Å². The standard InChI is InChI=1S/C30H32N4O3S/c1-36-19-18-34-28(20-37-27-17-8-7-15-25(27)23-10-3-2-4-11-23)32-33-30(34)38-21-29(35)31-26-16-9-13-22-12-5-6-14-24(22)26/h2-8,10-12,14-15,17,26H,9,13,16,18-21H2,1H3,(H,31,35)/t26-/m1/s1. The fraction of sp³-hybridized carbons (Fsp3) is 0.300. The van der Waals surface area contributed by atoms with E-state index in [1.165, 1.54) is 22.9 Å². The number of benzene rings is 3. The highest BCUT2D eigenvalue weighted by molar-refractivity contribution is 7.99. The van der Waals surface area contributed by atoms with Gasteiger partial charge < -0.3 is 19.4 Å². The molecule has 0 unspecified atom stereocenters. The quantitative estimate of drug-likeness (QED) is 0.261. The molecule has 0 saturated carbocycles. The highest BCUT2D eigenvalue weighted by atomic mass is 32.2. The number of amides is 1. The highest BCUT2D eigenvalue weighted by Gasteiger charge is 2.22. The molecule has 1 aromatic heterocycles. The molecule has 1 aliphatic rings. The average molecular weight is 529 g/mol. The molecule has 196 valence electrons. The molecule has 0 aliphatic heterocycles. The normalized spacial score (nSPS) is 14.6. The molecule has 1 aliphatic carbocycles. The predicted molar refractivity (Wildman–Crippen MR) is 149 cm³/mol. The number of aromatic nitrogens is 3. The van der Waals surface area contributed by atoms with E-state index in [4.69, 9.17) is 9.47 Å². The number of aryl methyl sites for hydroxylation is 1. The largest absolute Gasteiger partial charge is 0.485 e. The lowest BCUT2D eigenvalue weighted by atomic mass is 9.88. The van der Waals surface area contributed by atoms with Crippen LogP contribution in [0.25, 0.3) is 11.1 Å². The van der Waals surface area contributed by atoms with E-state index in [0.717, 1.165) is 36.1 Å². The molecule has 8 heteroatoms. The van der Waals surface area contributed by atoms with Crippen LogP contribution in [0.4, 0.5) is 0 Å². The van der Waals surface area contributed by atoms with Crippen LogP contribution in [0.5, 0.6) is 5.75 Å². The van der Waals surface area contributed by atoms with Gasteiger partial charge in [-0.05, 0) is 42.0 Å². The number of thioether (sulfide) groups is 1. The van der Waals surface area contributed by atoms with Gasteiger partial charge in [0.05, 0.1) is 18.4 Å². The summed E-state index contributed by atoms with van der Waals surface area (Å²) in [7, 11) is 1.67. The summed E-state index contributed by atoms with van der Waals surface area (Å²) in [5.74, 6) is 1.73. The molecule has 7 nitrogen and oxygen atoms in total. The monoisotopic (exact) mass is 528 g/mol. The summed E-state index contributed by atoms with van der Waals surface area (Å²) in [4.78, 5) is 12.9. The predicted octanol–water partition coefficient (Wildman–Crippen LogP) is 5.46. The lowest BCUT2D eigenvalue weighted by Crippen LogP contribution is -2.32. The van der Waals surface area contributed by atoms with Crippen LogP contribution in [0.15, 0.2) is 84.0 Å². The van der Waals surface area contributed by atoms with Crippen molar-refractivity contribution in [1.29, 1.82) is 0 Å². The third kappa shape index (κ3) is 6.26. The van der Waals surface area contributed by atoms with E-state index < -0.39 is 0 Å². The molecule has 1 atom stereocenters. The Morgan fingerprint density at radius 3 is 2.68 bits per heavy atom. The summed E-state index contributed by atoms with van der Waals surface area (Å²) in [6.45, 7) is 1.33. The fourth-order valence-corrected chi connectivity index (χ4v) is 5.60. The Balaban J connectivity index is 1.24. The van der Waals surface area contributed by atoms with Crippen LogP contribution in [0.2, 0.25) is 0 Å². The molecule has 1 amide bonds. The van der Waals surface area contributed by atoms with E-state index in [1.54, 1.807) is 7.11 Å². The van der Waals surface area contributed by atoms with Gasteiger partial charge in [-0.3, -0.25) is 4.79 Å². The van der Waals surface area contributed by atoms with Gasteiger partial charge in [0.15, 0.2) is 11.0 Å². The first-order valence-corrected chi connectivity index (χ1v) is 13.9. The minimum Gasteiger partial charge on any atom is -0.485 e. The second-order valence-corrected chi connectivity index (χ2v) is 10.1. The van der Waals surface area contributed by atoms with Gasteiger partial charge in [-0.1, -0.05) is 84.6 Å². The van der Waals surface area contributed by atoms with Crippen LogP contribution in [-0.4, -0.2) is 40.1 Å². The summed E-state index contributed by atoms with van der Waals surface area (Å²) in [6, 6.07) is 26.6. The van der Waals surface area contributed by atoms with Gasteiger partial charge in [0, 0.05) is 19.2 Å². The number of carbonyl (C=O) groups is 1. The zero-order valence-electron chi connectivity index (χ0n) is 21.5. The zero-order chi connectivity index (χ0) is 26.2. The Kier molecular flexibility index (Phi) is 8.73. The zero-order valence-corrected chi connectivity index (χ0v) is 22.3. The first-order chi connectivity index (χ1) is 18.7. The van der Waals surface area contributed by atoms with Crippen molar-refractivity contribution in [2.24, 2.45) is 0 Å². The number of carbonyl (C=O) groups excluding carboxylic acids is 1. The number of para-hydroxylation sites is 1. The van der Waals surface area contributed by atoms with Crippen molar-refractivity contribution in [3.05, 3.63) is 95.8 Å². The molecule has 4 aromatic rings. The average Bonchev–Trinajstić information content (AvgIpc) is 3.36. The summed E-state index contributed by atoms with van der Waals surface area (Å²) in [6.07, 6.45) is 3.11. The van der Waals surface area contributed by atoms with Crippen molar-refractivity contribution in [3.8, 4) is 16.9 Å². The van der Waals surface area contributed by atoms with Crippen molar-refractivity contribution in [2.75, 3.05) is 19.5 Å². The van der Waals surface area contributed by atoms with E-state index in [9.17, 15) is 4.79 Å². The number of methoxy groups -OCH3 is 1. The molecular formula is C30H32N4O3S. The lowest BCUT2D eigenvalue weighted by Gasteiger charge is -2.26. The molecule has 3 aromatic carbocycles. The van der Waals surface area contributed by atoms with E-state index in [2.05, 4.69) is 45.8 Å². The second-order valence-electron chi connectivity index (χ2n) is 9.19. The van der Waals surface area contributed by atoms with E-state index >= 15 is 0 Å². The highest BCUT2D eigenvalue weighted by Crippen LogP contribution is 2.31. The van der Waals surface area contributed by atoms with Gasteiger partial charge in [-0.15, -0.1) is 10.2 Å². The molecule has 5 rings (SSSR count). The van der Waals surface area contributed by atoms with Crippen molar-refractivity contribution in [3.63, 3.8) is 0 Å². The minimum absolute atomic E-state index is 0.00687. The van der Waals surface area contributed by atoms with Crippen LogP contribution >= 0.6 is 11.8 Å². The second kappa shape index (κ2) is 12.8. The maximum Gasteiger partial charge on any atom is 0.230 e. The van der Waals surface area contributed by atoms with Crippen molar-refractivity contribution >= 4 is 17.7 Å². The van der Waals surface area contributed by atoms with Crippen molar-refractivity contribution in [2.45, 2.75) is 43.6 Å². The Bertz CT molecular complexity index is 1360. The van der Waals surface area contributed by atoms with Gasteiger partial charge in [0.1, 0.15) is 12.4 Å². The van der Waals surface area contributed by atoms with Crippen LogP contribution < -0.4 is 10.1 Å². The minimum atomic E-state index is -0.00687. The smallest absolute Gasteiger partial charge is 0.230 e. The van der Waals surface area contributed by atoms with Gasteiger partial charge in [0.2, 0.25) is 5.91 Å². The Morgan fingerprint density at radius 2 is 1.82 bits per heavy atom. The van der Waals surface area contributed by atoms with Crippen molar-refractivity contribution in [1.82, 2.24) is 20.1 Å². The Hall–Kier alpha value is -3.62. The summed E-state index contributed by atoms with van der Waals surface area (Å²) < 4.78 is 13.5. The third-order valence-corrected chi connectivity index (χ3v) is 7.64. The van der Waals surface area contributed by atoms with Gasteiger partial charge in [-0.25, -0.2) is 0 Å². The number of nitrogens with zero attached hydrogens (tertiary/aromatic N) is 3. The number of fused-ring (bicyclic) bond motifs is 1. The lowest BCUT2D eigenvalue weighted by molar-refractivity contribution is -0.119. The first-order valence-electron chi connectivity index (χ1n) is 12.9. The van der Waals surface area contributed by atoms with Gasteiger partial charge in [-0.2, -0.15) is 0 Å². The molecular weight excluding hydrogens is 496 g/mol. The molecule has 0 bridgehead atoms. The maximum atomic E-state index is 12.9. The molecule has 0 radical (unpaired) electrons. The van der Waals surface area contributed by atoms with Crippen LogP contribution in [-0.2, 0) is 29.1 Å². The molecule has 0 fully saturated rings. The summed E-state index contributed by atoms with van der Waals surface area (Å²) in [5.41, 5.74) is 4.67. The number of hydrogen-bond donors (Lipinski definition) is 1. The number of rotatable bonds is 11. The molecule has 0 saturated heterocycles. The van der Waals surface area contributed by atoms with Gasteiger partial charge >= 0.3 is 0 Å². The number of hydrogen-bond acceptors (Lipinski definition) is 6. The summed E-state index contributed by atoms with van der Waals surface area (Å²) in [5, 5.41) is 12.7. The number of ether oxygens (including phenoxy) is 2. The third-order valence-electron chi connectivity index (χ3n) is 6.68.